The Morgan fingerprint density at radius 3 is 2.79 bits per heavy atom. The van der Waals surface area contributed by atoms with Crippen LogP contribution in [0.5, 0.6) is 0 Å². The van der Waals surface area contributed by atoms with Gasteiger partial charge in [0, 0.05) is 19.6 Å². The number of nitrogens with two attached hydrogens (primary N) is 1. The summed E-state index contributed by atoms with van der Waals surface area (Å²) in [7, 11) is -3.79. The van der Waals surface area contributed by atoms with Crippen molar-refractivity contribution < 1.29 is 18.3 Å². The summed E-state index contributed by atoms with van der Waals surface area (Å²) in [5, 5.41) is 18.4. The van der Waals surface area contributed by atoms with Crippen LogP contribution in [0.15, 0.2) is 29.2 Å². The molecule has 7 heteroatoms. The van der Waals surface area contributed by atoms with E-state index in [-0.39, 0.29) is 17.5 Å². The van der Waals surface area contributed by atoms with Gasteiger partial charge in [0.05, 0.1) is 11.8 Å². The molecule has 2 rings (SSSR count). The van der Waals surface area contributed by atoms with Crippen LogP contribution in [0, 0.1) is 0 Å². The van der Waals surface area contributed by atoms with E-state index in [1.54, 1.807) is 25.1 Å². The number of nitrogens with one attached hydrogen (secondary N) is 1. The number of hydrogen-bond donors (Lipinski definition) is 3. The van der Waals surface area contributed by atoms with Crippen LogP contribution >= 0.6 is 0 Å². The predicted octanol–water partition coefficient (Wildman–Crippen LogP) is 0.286. The molecule has 0 saturated carbocycles. The van der Waals surface area contributed by atoms with Crippen molar-refractivity contribution in [3.63, 3.8) is 0 Å². The third-order valence-corrected chi connectivity index (χ3v) is 4.41. The second-order valence-electron chi connectivity index (χ2n) is 4.76. The average Bonchev–Trinajstić information content (AvgIpc) is 2.67. The van der Waals surface area contributed by atoms with Gasteiger partial charge in [0.25, 0.3) is 0 Å². The molecule has 0 aliphatic carbocycles. The highest BCUT2D eigenvalue weighted by Crippen LogP contribution is 2.27. The fourth-order valence-electron chi connectivity index (χ4n) is 2.11. The Balaban J connectivity index is 2.17. The van der Waals surface area contributed by atoms with Gasteiger partial charge in [0.2, 0.25) is 10.0 Å². The molecule has 1 fully saturated rings. The minimum Gasteiger partial charge on any atom is -0.385 e. The molecule has 4 N–H and O–H groups in total. The van der Waals surface area contributed by atoms with Crippen LogP contribution in [-0.4, -0.2) is 38.4 Å². The van der Waals surface area contributed by atoms with Gasteiger partial charge in [-0.05, 0) is 19.1 Å². The summed E-state index contributed by atoms with van der Waals surface area (Å²) in [4.78, 5) is 0.0187. The fourth-order valence-corrected chi connectivity index (χ4v) is 2.83. The molecule has 1 heterocycles. The highest BCUT2D eigenvalue weighted by molar-refractivity contribution is 7.89. The molecule has 2 atom stereocenters. The maximum Gasteiger partial charge on any atom is 0.240 e. The molecule has 1 saturated heterocycles. The Morgan fingerprint density at radius 2 is 2.21 bits per heavy atom. The zero-order valence-electron chi connectivity index (χ0n) is 10.7. The summed E-state index contributed by atoms with van der Waals surface area (Å²) < 4.78 is 28.2. The number of para-hydroxylation sites is 1. The van der Waals surface area contributed by atoms with Gasteiger partial charge in [-0.2, -0.15) is 0 Å². The second-order valence-corrected chi connectivity index (χ2v) is 6.29. The van der Waals surface area contributed by atoms with Crippen molar-refractivity contribution in [1.29, 1.82) is 0 Å². The molecule has 0 spiro atoms. The molecule has 0 radical (unpaired) electrons. The summed E-state index contributed by atoms with van der Waals surface area (Å²) in [6.07, 6.45) is 0.222. The Bertz CT molecular complexity index is 561. The lowest BCUT2D eigenvalue weighted by molar-refractivity contribution is -0.0176. The Morgan fingerprint density at radius 1 is 1.53 bits per heavy atom. The standard InChI is InChI=1S/C12H18N2O4S/c1-9-12(15,6-7-18-9)8-14-10-4-2-3-5-11(10)19(13,16)17/h2-5,9,14-15H,6-8H2,1H3,(H2,13,16,17). The first-order valence-corrected chi connectivity index (χ1v) is 7.57. The van der Waals surface area contributed by atoms with Gasteiger partial charge in [-0.3, -0.25) is 0 Å². The lowest BCUT2D eigenvalue weighted by Gasteiger charge is -2.27. The minimum atomic E-state index is -3.79. The largest absolute Gasteiger partial charge is 0.385 e. The molecule has 19 heavy (non-hydrogen) atoms. The Hall–Kier alpha value is -1.15. The zero-order valence-corrected chi connectivity index (χ0v) is 11.5. The molecule has 6 nitrogen and oxygen atoms in total. The number of hydrogen-bond acceptors (Lipinski definition) is 5. The number of sulfonamides is 1. The number of benzene rings is 1. The number of anilines is 1. The number of rotatable bonds is 4. The van der Waals surface area contributed by atoms with Gasteiger partial charge in [-0.25, -0.2) is 13.6 Å². The maximum atomic E-state index is 11.4. The topological polar surface area (TPSA) is 102 Å². The average molecular weight is 286 g/mol. The van der Waals surface area contributed by atoms with Crippen molar-refractivity contribution in [3.05, 3.63) is 24.3 Å². The second kappa shape index (κ2) is 5.09. The van der Waals surface area contributed by atoms with Crippen LogP contribution in [0.1, 0.15) is 13.3 Å². The fraction of sp³-hybridized carbons (Fsp3) is 0.500. The third kappa shape index (κ3) is 3.06. The maximum absolute atomic E-state index is 11.4. The molecule has 1 aromatic carbocycles. The molecule has 1 aliphatic heterocycles. The van der Waals surface area contributed by atoms with E-state index < -0.39 is 15.6 Å². The highest BCUT2D eigenvalue weighted by Gasteiger charge is 2.39. The van der Waals surface area contributed by atoms with Crippen LogP contribution in [0.2, 0.25) is 0 Å². The van der Waals surface area contributed by atoms with Crippen LogP contribution in [0.3, 0.4) is 0 Å². The molecular formula is C12H18N2O4S. The van der Waals surface area contributed by atoms with E-state index in [2.05, 4.69) is 5.32 Å². The van der Waals surface area contributed by atoms with Gasteiger partial charge in [-0.15, -0.1) is 0 Å². The third-order valence-electron chi connectivity index (χ3n) is 3.44. The van der Waals surface area contributed by atoms with E-state index in [1.807, 2.05) is 0 Å². The number of ether oxygens (including phenoxy) is 1. The predicted molar refractivity (Wildman–Crippen MR) is 71.3 cm³/mol. The molecule has 2 unspecified atom stereocenters. The van der Waals surface area contributed by atoms with Crippen LogP contribution < -0.4 is 10.5 Å². The summed E-state index contributed by atoms with van der Waals surface area (Å²) in [6, 6.07) is 6.34. The van der Waals surface area contributed by atoms with Crippen molar-refractivity contribution in [1.82, 2.24) is 0 Å². The highest BCUT2D eigenvalue weighted by atomic mass is 32.2. The molecule has 0 bridgehead atoms. The van der Waals surface area contributed by atoms with E-state index >= 15 is 0 Å². The summed E-state index contributed by atoms with van der Waals surface area (Å²) >= 11 is 0. The van der Waals surface area contributed by atoms with E-state index in [0.717, 1.165) is 0 Å². The van der Waals surface area contributed by atoms with E-state index in [1.165, 1.54) is 6.07 Å². The summed E-state index contributed by atoms with van der Waals surface area (Å²) in [6.45, 7) is 2.50. The van der Waals surface area contributed by atoms with Crippen LogP contribution in [0.4, 0.5) is 5.69 Å². The lowest BCUT2D eigenvalue weighted by atomic mass is 9.96. The number of primary sulfonamides is 1. The first-order chi connectivity index (χ1) is 8.83. The zero-order chi connectivity index (χ0) is 14.1. The minimum absolute atomic E-state index is 0.0187. The summed E-state index contributed by atoms with van der Waals surface area (Å²) in [5.41, 5.74) is -0.608. The molecular weight excluding hydrogens is 268 g/mol. The molecule has 0 amide bonds. The Kier molecular flexibility index (Phi) is 3.82. The first kappa shape index (κ1) is 14.3. The quantitative estimate of drug-likeness (QED) is 0.738. The monoisotopic (exact) mass is 286 g/mol. The summed E-state index contributed by atoms with van der Waals surface area (Å²) in [5.74, 6) is 0. The van der Waals surface area contributed by atoms with Gasteiger partial charge < -0.3 is 15.2 Å². The molecule has 0 aromatic heterocycles. The molecule has 1 aliphatic rings. The van der Waals surface area contributed by atoms with Crippen molar-refractivity contribution in [2.24, 2.45) is 5.14 Å². The van der Waals surface area contributed by atoms with E-state index in [9.17, 15) is 13.5 Å². The SMILES string of the molecule is CC1OCCC1(O)CNc1ccccc1S(N)(=O)=O. The molecule has 1 aromatic rings. The van der Waals surface area contributed by atoms with E-state index in [0.29, 0.717) is 18.7 Å². The first-order valence-electron chi connectivity index (χ1n) is 6.03. The van der Waals surface area contributed by atoms with Crippen molar-refractivity contribution in [2.75, 3.05) is 18.5 Å². The van der Waals surface area contributed by atoms with Gasteiger partial charge in [0.15, 0.2) is 0 Å². The van der Waals surface area contributed by atoms with E-state index in [4.69, 9.17) is 9.88 Å². The van der Waals surface area contributed by atoms with Crippen molar-refractivity contribution in [2.45, 2.75) is 29.9 Å². The normalized spacial score (nSPS) is 27.4. The van der Waals surface area contributed by atoms with Crippen molar-refractivity contribution >= 4 is 15.7 Å². The Labute approximate surface area is 112 Å². The smallest absolute Gasteiger partial charge is 0.240 e. The van der Waals surface area contributed by atoms with Crippen molar-refractivity contribution in [3.8, 4) is 0 Å². The van der Waals surface area contributed by atoms with Gasteiger partial charge in [0.1, 0.15) is 10.5 Å². The van der Waals surface area contributed by atoms with Crippen LogP contribution in [0.25, 0.3) is 0 Å². The molecule has 106 valence electrons. The number of aliphatic hydroxyl groups is 1. The van der Waals surface area contributed by atoms with Gasteiger partial charge in [-0.1, -0.05) is 12.1 Å². The van der Waals surface area contributed by atoms with Gasteiger partial charge >= 0.3 is 0 Å². The van der Waals surface area contributed by atoms with Crippen LogP contribution in [-0.2, 0) is 14.8 Å². The lowest BCUT2D eigenvalue weighted by Crippen LogP contribution is -2.43.